The van der Waals surface area contributed by atoms with Gasteiger partial charge in [0.1, 0.15) is 17.6 Å². The number of piperidine rings is 1. The third-order valence-electron chi connectivity index (χ3n) is 5.15. The SMILES string of the molecule is CC(O)c1nccn1Cc1cc(C#Cc2ccc(CN3CCCCC3)cc2)on1. The van der Waals surface area contributed by atoms with Crippen molar-refractivity contribution in [1.29, 1.82) is 0 Å². The van der Waals surface area contributed by atoms with Gasteiger partial charge in [0, 0.05) is 30.6 Å². The molecule has 150 valence electrons. The van der Waals surface area contributed by atoms with Crippen molar-refractivity contribution in [2.45, 2.75) is 45.4 Å². The van der Waals surface area contributed by atoms with Crippen LogP contribution in [-0.4, -0.2) is 37.8 Å². The summed E-state index contributed by atoms with van der Waals surface area (Å²) in [5, 5.41) is 13.8. The highest BCUT2D eigenvalue weighted by molar-refractivity contribution is 5.40. The molecule has 0 spiro atoms. The van der Waals surface area contributed by atoms with Crippen molar-refractivity contribution in [1.82, 2.24) is 19.6 Å². The lowest BCUT2D eigenvalue weighted by atomic mass is 10.1. The molecule has 0 bridgehead atoms. The Bertz CT molecular complexity index is 986. The molecule has 1 atom stereocenters. The minimum Gasteiger partial charge on any atom is -0.385 e. The number of aliphatic hydroxyl groups excluding tert-OH is 1. The van der Waals surface area contributed by atoms with E-state index >= 15 is 0 Å². The fraction of sp³-hybridized carbons (Fsp3) is 0.391. The second kappa shape index (κ2) is 9.08. The van der Waals surface area contributed by atoms with Crippen LogP contribution in [0.1, 0.15) is 60.7 Å². The Labute approximate surface area is 171 Å². The highest BCUT2D eigenvalue weighted by atomic mass is 16.5. The largest absolute Gasteiger partial charge is 0.385 e. The maximum absolute atomic E-state index is 9.75. The van der Waals surface area contributed by atoms with E-state index < -0.39 is 6.10 Å². The van der Waals surface area contributed by atoms with Gasteiger partial charge in [-0.1, -0.05) is 29.6 Å². The Morgan fingerprint density at radius 3 is 2.66 bits per heavy atom. The molecule has 0 aliphatic carbocycles. The molecule has 3 heterocycles. The van der Waals surface area contributed by atoms with E-state index in [1.54, 1.807) is 13.1 Å². The third kappa shape index (κ3) is 5.14. The molecule has 6 nitrogen and oxygen atoms in total. The van der Waals surface area contributed by atoms with Gasteiger partial charge in [0.05, 0.1) is 6.54 Å². The first-order valence-electron chi connectivity index (χ1n) is 10.2. The van der Waals surface area contributed by atoms with Crippen molar-refractivity contribution in [3.8, 4) is 11.8 Å². The lowest BCUT2D eigenvalue weighted by Gasteiger charge is -2.26. The summed E-state index contributed by atoms with van der Waals surface area (Å²) < 4.78 is 7.18. The fourth-order valence-corrected chi connectivity index (χ4v) is 3.64. The molecule has 1 aromatic carbocycles. The van der Waals surface area contributed by atoms with Crippen molar-refractivity contribution in [3.63, 3.8) is 0 Å². The molecule has 2 aromatic heterocycles. The smallest absolute Gasteiger partial charge is 0.210 e. The summed E-state index contributed by atoms with van der Waals surface area (Å²) in [6, 6.07) is 10.2. The predicted molar refractivity (Wildman–Crippen MR) is 110 cm³/mol. The van der Waals surface area contributed by atoms with Gasteiger partial charge in [-0.15, -0.1) is 0 Å². The Morgan fingerprint density at radius 2 is 1.90 bits per heavy atom. The van der Waals surface area contributed by atoms with Gasteiger partial charge in [-0.3, -0.25) is 4.90 Å². The van der Waals surface area contributed by atoms with E-state index in [9.17, 15) is 5.11 Å². The Kier molecular flexibility index (Phi) is 6.09. The van der Waals surface area contributed by atoms with Gasteiger partial charge in [-0.2, -0.15) is 0 Å². The van der Waals surface area contributed by atoms with Crippen molar-refractivity contribution < 1.29 is 9.63 Å². The second-order valence-corrected chi connectivity index (χ2v) is 7.56. The van der Waals surface area contributed by atoms with E-state index in [0.29, 0.717) is 18.1 Å². The fourth-order valence-electron chi connectivity index (χ4n) is 3.64. The number of aliphatic hydroxyl groups is 1. The van der Waals surface area contributed by atoms with Crippen LogP contribution in [0.15, 0.2) is 47.2 Å². The van der Waals surface area contributed by atoms with Crippen LogP contribution in [0.4, 0.5) is 0 Å². The summed E-state index contributed by atoms with van der Waals surface area (Å²) >= 11 is 0. The lowest BCUT2D eigenvalue weighted by molar-refractivity contribution is 0.184. The maximum Gasteiger partial charge on any atom is 0.210 e. The first-order valence-corrected chi connectivity index (χ1v) is 10.2. The Hall–Kier alpha value is -2.88. The lowest BCUT2D eigenvalue weighted by Crippen LogP contribution is -2.29. The highest BCUT2D eigenvalue weighted by Gasteiger charge is 2.11. The maximum atomic E-state index is 9.75. The molecule has 3 aromatic rings. The molecule has 6 heteroatoms. The first kappa shape index (κ1) is 19.4. The topological polar surface area (TPSA) is 67.3 Å². The summed E-state index contributed by atoms with van der Waals surface area (Å²) in [5.41, 5.74) is 3.02. The number of nitrogens with zero attached hydrogens (tertiary/aromatic N) is 4. The summed E-state index contributed by atoms with van der Waals surface area (Å²) in [6.07, 6.45) is 6.83. The zero-order valence-corrected chi connectivity index (χ0v) is 16.7. The van der Waals surface area contributed by atoms with Gasteiger partial charge in [0.2, 0.25) is 5.76 Å². The highest BCUT2D eigenvalue weighted by Crippen LogP contribution is 2.14. The zero-order valence-electron chi connectivity index (χ0n) is 16.7. The number of aromatic nitrogens is 3. The molecule has 1 aliphatic heterocycles. The molecule has 1 aliphatic rings. The summed E-state index contributed by atoms with van der Waals surface area (Å²) in [5.74, 6) is 7.30. The number of imidazole rings is 1. The van der Waals surface area contributed by atoms with Crippen LogP contribution >= 0.6 is 0 Å². The van der Waals surface area contributed by atoms with E-state index in [2.05, 4.69) is 51.1 Å². The van der Waals surface area contributed by atoms with Gasteiger partial charge in [-0.25, -0.2) is 4.98 Å². The van der Waals surface area contributed by atoms with Crippen LogP contribution in [0.5, 0.6) is 0 Å². The van der Waals surface area contributed by atoms with Gasteiger partial charge in [0.15, 0.2) is 0 Å². The third-order valence-corrected chi connectivity index (χ3v) is 5.15. The van der Waals surface area contributed by atoms with E-state index in [-0.39, 0.29) is 0 Å². The van der Waals surface area contributed by atoms with Crippen molar-refractivity contribution >= 4 is 0 Å². The average Bonchev–Trinajstić information content (AvgIpc) is 3.38. The Balaban J connectivity index is 1.37. The van der Waals surface area contributed by atoms with E-state index in [1.165, 1.54) is 37.9 Å². The molecule has 0 amide bonds. The average molecular weight is 390 g/mol. The molecule has 1 fully saturated rings. The number of hydrogen-bond acceptors (Lipinski definition) is 5. The molecule has 29 heavy (non-hydrogen) atoms. The zero-order chi connectivity index (χ0) is 20.1. The number of hydrogen-bond donors (Lipinski definition) is 1. The van der Waals surface area contributed by atoms with E-state index in [1.807, 2.05) is 16.8 Å². The molecule has 0 radical (unpaired) electrons. The van der Waals surface area contributed by atoms with Gasteiger partial charge < -0.3 is 14.2 Å². The molecule has 0 saturated carbocycles. The van der Waals surface area contributed by atoms with Crippen LogP contribution in [-0.2, 0) is 13.1 Å². The summed E-state index contributed by atoms with van der Waals surface area (Å²) in [6.45, 7) is 5.59. The molecule has 4 rings (SSSR count). The number of benzene rings is 1. The first-order chi connectivity index (χ1) is 14.2. The monoisotopic (exact) mass is 390 g/mol. The predicted octanol–water partition coefficient (Wildman–Crippen LogP) is 3.36. The van der Waals surface area contributed by atoms with Crippen molar-refractivity contribution in [2.24, 2.45) is 0 Å². The minimum absolute atomic E-state index is 0.483. The molecule has 1 saturated heterocycles. The standard InChI is InChI=1S/C23H26N4O2/c1-18(28)23-24-11-14-27(23)17-21-15-22(29-25-21)10-9-19-5-7-20(8-6-19)16-26-12-3-2-4-13-26/h5-8,11,14-15,18,28H,2-4,12-13,16-17H2,1H3. The van der Waals surface area contributed by atoms with Crippen LogP contribution < -0.4 is 0 Å². The van der Waals surface area contributed by atoms with Crippen LogP contribution in [0.25, 0.3) is 0 Å². The van der Waals surface area contributed by atoms with E-state index in [0.717, 1.165) is 17.8 Å². The molecule has 1 N–H and O–H groups in total. The second-order valence-electron chi connectivity index (χ2n) is 7.56. The molecule has 1 unspecified atom stereocenters. The van der Waals surface area contributed by atoms with Crippen LogP contribution in [0.3, 0.4) is 0 Å². The van der Waals surface area contributed by atoms with Gasteiger partial charge in [-0.05, 0) is 56.5 Å². The summed E-state index contributed by atoms with van der Waals surface area (Å²) in [4.78, 5) is 6.68. The van der Waals surface area contributed by atoms with Gasteiger partial charge >= 0.3 is 0 Å². The minimum atomic E-state index is -0.631. The summed E-state index contributed by atoms with van der Waals surface area (Å²) in [7, 11) is 0. The Morgan fingerprint density at radius 1 is 1.10 bits per heavy atom. The molecular weight excluding hydrogens is 364 g/mol. The molecular formula is C23H26N4O2. The van der Waals surface area contributed by atoms with Crippen LogP contribution in [0.2, 0.25) is 0 Å². The van der Waals surface area contributed by atoms with Crippen LogP contribution in [0, 0.1) is 11.8 Å². The van der Waals surface area contributed by atoms with Gasteiger partial charge in [0.25, 0.3) is 0 Å². The number of rotatable bonds is 5. The van der Waals surface area contributed by atoms with Crippen molar-refractivity contribution in [3.05, 3.63) is 71.1 Å². The normalized spacial score (nSPS) is 15.7. The quantitative estimate of drug-likeness (QED) is 0.677. The number of likely N-dealkylation sites (tertiary alicyclic amines) is 1. The van der Waals surface area contributed by atoms with E-state index in [4.69, 9.17) is 4.52 Å². The van der Waals surface area contributed by atoms with Crippen molar-refractivity contribution in [2.75, 3.05) is 13.1 Å².